The number of nitrogens with one attached hydrogen (secondary N) is 2. The van der Waals surface area contributed by atoms with Gasteiger partial charge in [0.25, 0.3) is 0 Å². The number of hydrogen-bond acceptors (Lipinski definition) is 5. The fraction of sp³-hybridized carbons (Fsp3) is 0.278. The zero-order valence-electron chi connectivity index (χ0n) is 14.2. The normalized spacial score (nSPS) is 10.8. The van der Waals surface area contributed by atoms with Crippen LogP contribution in [0.1, 0.15) is 38.1 Å². The van der Waals surface area contributed by atoms with Crippen LogP contribution < -0.4 is 10.6 Å². The minimum absolute atomic E-state index is 0.00804. The molecule has 2 aromatic rings. The number of anilines is 3. The topological polar surface area (TPSA) is 80.3 Å². The van der Waals surface area contributed by atoms with E-state index < -0.39 is 11.7 Å². The third kappa shape index (κ3) is 5.39. The maximum atomic E-state index is 11.7. The maximum Gasteiger partial charge on any atom is 0.413 e. The molecule has 0 spiro atoms. The number of carbonyl (C=O) groups is 2. The van der Waals surface area contributed by atoms with Gasteiger partial charge in [0, 0.05) is 11.3 Å². The van der Waals surface area contributed by atoms with Crippen LogP contribution in [0, 0.1) is 0 Å². The Morgan fingerprint density at radius 2 is 1.83 bits per heavy atom. The first-order valence-electron chi connectivity index (χ1n) is 7.57. The van der Waals surface area contributed by atoms with Crippen molar-refractivity contribution in [3.63, 3.8) is 0 Å². The monoisotopic (exact) mass is 327 g/mol. The summed E-state index contributed by atoms with van der Waals surface area (Å²) in [6, 6.07) is 10.7. The van der Waals surface area contributed by atoms with Crippen LogP contribution in [-0.2, 0) is 4.74 Å². The van der Waals surface area contributed by atoms with Crippen LogP contribution in [0.2, 0.25) is 0 Å². The molecule has 1 heterocycles. The average molecular weight is 327 g/mol. The highest BCUT2D eigenvalue weighted by Crippen LogP contribution is 2.19. The van der Waals surface area contributed by atoms with Crippen molar-refractivity contribution >= 4 is 29.1 Å². The summed E-state index contributed by atoms with van der Waals surface area (Å²) in [7, 11) is 0. The minimum atomic E-state index is -0.562. The third-order valence-corrected chi connectivity index (χ3v) is 2.95. The van der Waals surface area contributed by atoms with Gasteiger partial charge < -0.3 is 10.1 Å². The molecule has 0 atom stereocenters. The molecule has 1 amide bonds. The molecular formula is C18H21N3O3. The highest BCUT2D eigenvalue weighted by atomic mass is 16.6. The van der Waals surface area contributed by atoms with E-state index in [1.807, 2.05) is 12.1 Å². The zero-order chi connectivity index (χ0) is 17.7. The number of ketones is 1. The number of Topliss-reactive ketones (excluding diaryl/α,β-unsaturated/α-hetero) is 1. The van der Waals surface area contributed by atoms with Crippen LogP contribution in [0.3, 0.4) is 0 Å². The average Bonchev–Trinajstić information content (AvgIpc) is 2.47. The van der Waals surface area contributed by atoms with E-state index >= 15 is 0 Å². The summed E-state index contributed by atoms with van der Waals surface area (Å²) in [5, 5.41) is 5.73. The highest BCUT2D eigenvalue weighted by molar-refractivity contribution is 5.95. The second-order valence-electron chi connectivity index (χ2n) is 6.32. The van der Waals surface area contributed by atoms with Gasteiger partial charge in [0.15, 0.2) is 5.78 Å². The van der Waals surface area contributed by atoms with Crippen LogP contribution >= 0.6 is 0 Å². The minimum Gasteiger partial charge on any atom is -0.444 e. The molecule has 6 heteroatoms. The van der Waals surface area contributed by atoms with Gasteiger partial charge in [-0.05, 0) is 52.0 Å². The summed E-state index contributed by atoms with van der Waals surface area (Å²) in [6.07, 6.45) is 1.04. The molecular weight excluding hydrogens is 306 g/mol. The number of amides is 1. The predicted molar refractivity (Wildman–Crippen MR) is 93.8 cm³/mol. The smallest absolute Gasteiger partial charge is 0.413 e. The summed E-state index contributed by atoms with van der Waals surface area (Å²) in [5.74, 6) is 0.404. The van der Waals surface area contributed by atoms with Gasteiger partial charge in [-0.3, -0.25) is 10.1 Å². The molecule has 0 saturated carbocycles. The molecule has 0 aliphatic heterocycles. The lowest BCUT2D eigenvalue weighted by Crippen LogP contribution is -2.27. The first-order valence-corrected chi connectivity index (χ1v) is 7.57. The highest BCUT2D eigenvalue weighted by Gasteiger charge is 2.16. The SMILES string of the molecule is CC(=O)c1cccc(Nc2ccc(NC(=O)OC(C)(C)C)nc2)c1. The molecule has 1 aromatic heterocycles. The molecule has 0 unspecified atom stereocenters. The van der Waals surface area contributed by atoms with Crippen molar-refractivity contribution < 1.29 is 14.3 Å². The molecule has 24 heavy (non-hydrogen) atoms. The van der Waals surface area contributed by atoms with Crippen molar-refractivity contribution in [1.82, 2.24) is 4.98 Å². The summed E-state index contributed by atoms with van der Waals surface area (Å²) in [4.78, 5) is 27.2. The van der Waals surface area contributed by atoms with Gasteiger partial charge in [-0.2, -0.15) is 0 Å². The molecule has 2 rings (SSSR count). The fourth-order valence-electron chi connectivity index (χ4n) is 1.93. The number of hydrogen-bond donors (Lipinski definition) is 2. The standard InChI is InChI=1S/C18H21N3O3/c1-12(22)13-6-5-7-14(10-13)20-15-8-9-16(19-11-15)21-17(23)24-18(2,3)4/h5-11,20H,1-4H3,(H,19,21,23). The number of carbonyl (C=O) groups excluding carboxylic acids is 2. The van der Waals surface area contributed by atoms with Gasteiger partial charge in [-0.1, -0.05) is 12.1 Å². The quantitative estimate of drug-likeness (QED) is 0.815. The number of rotatable bonds is 4. The number of aromatic nitrogens is 1. The van der Waals surface area contributed by atoms with E-state index in [9.17, 15) is 9.59 Å². The Balaban J connectivity index is 2.01. The van der Waals surface area contributed by atoms with Crippen LogP contribution in [-0.4, -0.2) is 22.5 Å². The Morgan fingerprint density at radius 1 is 1.08 bits per heavy atom. The number of ether oxygens (including phenoxy) is 1. The molecule has 0 fully saturated rings. The second kappa shape index (κ2) is 7.12. The summed E-state index contributed by atoms with van der Waals surface area (Å²) >= 11 is 0. The molecule has 6 nitrogen and oxygen atoms in total. The summed E-state index contributed by atoms with van der Waals surface area (Å²) in [5.41, 5.74) is 1.60. The van der Waals surface area contributed by atoms with Crippen molar-refractivity contribution in [2.24, 2.45) is 0 Å². The largest absolute Gasteiger partial charge is 0.444 e. The van der Waals surface area contributed by atoms with Crippen molar-refractivity contribution in [2.45, 2.75) is 33.3 Å². The molecule has 2 N–H and O–H groups in total. The lowest BCUT2D eigenvalue weighted by molar-refractivity contribution is 0.0635. The lowest BCUT2D eigenvalue weighted by atomic mass is 10.1. The Morgan fingerprint density at radius 3 is 2.42 bits per heavy atom. The van der Waals surface area contributed by atoms with Crippen LogP contribution in [0.4, 0.5) is 22.0 Å². The van der Waals surface area contributed by atoms with E-state index in [1.165, 1.54) is 6.92 Å². The Hall–Kier alpha value is -2.89. The zero-order valence-corrected chi connectivity index (χ0v) is 14.2. The first-order chi connectivity index (χ1) is 11.2. The Labute approximate surface area is 141 Å². The summed E-state index contributed by atoms with van der Waals surface area (Å²) in [6.45, 7) is 6.91. The van der Waals surface area contributed by atoms with E-state index in [0.717, 1.165) is 11.4 Å². The van der Waals surface area contributed by atoms with E-state index in [0.29, 0.717) is 11.4 Å². The Kier molecular flexibility index (Phi) is 5.18. The van der Waals surface area contributed by atoms with Gasteiger partial charge >= 0.3 is 6.09 Å². The third-order valence-electron chi connectivity index (χ3n) is 2.95. The van der Waals surface area contributed by atoms with Gasteiger partial charge in [0.1, 0.15) is 11.4 Å². The molecule has 0 bridgehead atoms. The Bertz CT molecular complexity index is 734. The van der Waals surface area contributed by atoms with Crippen molar-refractivity contribution in [1.29, 1.82) is 0 Å². The fourth-order valence-corrected chi connectivity index (χ4v) is 1.93. The lowest BCUT2D eigenvalue weighted by Gasteiger charge is -2.19. The molecule has 0 aliphatic carbocycles. The second-order valence-corrected chi connectivity index (χ2v) is 6.32. The number of nitrogens with zero attached hydrogens (tertiary/aromatic N) is 1. The van der Waals surface area contributed by atoms with Crippen LogP contribution in [0.15, 0.2) is 42.6 Å². The first kappa shape index (κ1) is 17.5. The number of pyridine rings is 1. The molecule has 1 aromatic carbocycles. The van der Waals surface area contributed by atoms with Crippen LogP contribution in [0.5, 0.6) is 0 Å². The van der Waals surface area contributed by atoms with Crippen molar-refractivity contribution in [3.05, 3.63) is 48.2 Å². The van der Waals surface area contributed by atoms with E-state index in [2.05, 4.69) is 15.6 Å². The maximum absolute atomic E-state index is 11.7. The van der Waals surface area contributed by atoms with Gasteiger partial charge in [0.2, 0.25) is 0 Å². The van der Waals surface area contributed by atoms with Gasteiger partial charge in [-0.15, -0.1) is 0 Å². The van der Waals surface area contributed by atoms with Crippen molar-refractivity contribution in [3.8, 4) is 0 Å². The molecule has 0 saturated heterocycles. The van der Waals surface area contributed by atoms with Gasteiger partial charge in [0.05, 0.1) is 11.9 Å². The van der Waals surface area contributed by atoms with E-state index in [1.54, 1.807) is 51.2 Å². The summed E-state index contributed by atoms with van der Waals surface area (Å²) < 4.78 is 5.17. The van der Waals surface area contributed by atoms with Crippen LogP contribution in [0.25, 0.3) is 0 Å². The van der Waals surface area contributed by atoms with Gasteiger partial charge in [-0.25, -0.2) is 9.78 Å². The number of benzene rings is 1. The molecule has 0 radical (unpaired) electrons. The van der Waals surface area contributed by atoms with E-state index in [-0.39, 0.29) is 5.78 Å². The molecule has 126 valence electrons. The van der Waals surface area contributed by atoms with Crippen molar-refractivity contribution in [2.75, 3.05) is 10.6 Å². The predicted octanol–water partition coefficient (Wildman–Crippen LogP) is 4.37. The molecule has 0 aliphatic rings. The van der Waals surface area contributed by atoms with E-state index in [4.69, 9.17) is 4.74 Å².